The number of aromatic nitrogens is 4. The Bertz CT molecular complexity index is 1460. The van der Waals surface area contributed by atoms with E-state index in [2.05, 4.69) is 5.10 Å². The zero-order chi connectivity index (χ0) is 31.6. The van der Waals surface area contributed by atoms with Crippen molar-refractivity contribution in [1.82, 2.24) is 34.0 Å². The molecule has 1 N–H and O–H groups in total. The van der Waals surface area contributed by atoms with E-state index in [1.54, 1.807) is 16.0 Å². The van der Waals surface area contributed by atoms with E-state index in [0.717, 1.165) is 5.52 Å². The first-order chi connectivity index (χ1) is 21.0. The lowest BCUT2D eigenvalue weighted by molar-refractivity contribution is -0.144. The number of carbonyl (C=O) groups excluding carboxylic acids is 2. The Balaban J connectivity index is 1.57. The maximum Gasteiger partial charge on any atom is 0.407 e. The number of imidazole rings is 1. The topological polar surface area (TPSA) is 126 Å². The van der Waals surface area contributed by atoms with Crippen molar-refractivity contribution in [2.45, 2.75) is 66.2 Å². The number of hydrogen-bond acceptors (Lipinski definition) is 6. The molecule has 12 nitrogen and oxygen atoms in total. The van der Waals surface area contributed by atoms with E-state index in [4.69, 9.17) is 9.72 Å². The van der Waals surface area contributed by atoms with Crippen molar-refractivity contribution in [2.75, 3.05) is 39.4 Å². The number of aryl methyl sites for hydroxylation is 2. The molecule has 0 radical (unpaired) electrons. The Morgan fingerprint density at radius 3 is 2.45 bits per heavy atom. The molecule has 3 amide bonds. The second-order valence-corrected chi connectivity index (χ2v) is 13.4. The van der Waals surface area contributed by atoms with E-state index in [1.807, 2.05) is 80.4 Å². The summed E-state index contributed by atoms with van der Waals surface area (Å²) >= 11 is 0. The minimum absolute atomic E-state index is 0.0830. The molecule has 2 aromatic heterocycles. The first-order valence-electron chi connectivity index (χ1n) is 15.6. The zero-order valence-corrected chi connectivity index (χ0v) is 26.4. The van der Waals surface area contributed by atoms with E-state index < -0.39 is 29.5 Å². The van der Waals surface area contributed by atoms with E-state index >= 15 is 0 Å². The van der Waals surface area contributed by atoms with E-state index in [-0.39, 0.29) is 24.3 Å². The van der Waals surface area contributed by atoms with Gasteiger partial charge in [-0.1, -0.05) is 46.8 Å². The lowest BCUT2D eigenvalue weighted by atomic mass is 9.74. The average Bonchev–Trinajstić information content (AvgIpc) is 3.65. The quantitative estimate of drug-likeness (QED) is 0.414. The van der Waals surface area contributed by atoms with Crippen LogP contribution in [-0.4, -0.2) is 109 Å². The predicted molar refractivity (Wildman–Crippen MR) is 165 cm³/mol. The van der Waals surface area contributed by atoms with Crippen molar-refractivity contribution in [3.05, 3.63) is 48.5 Å². The predicted octanol–water partition coefficient (Wildman–Crippen LogP) is 3.67. The third-order valence-electron chi connectivity index (χ3n) is 8.63. The molecule has 0 spiro atoms. The molecule has 0 saturated carbocycles. The van der Waals surface area contributed by atoms with Crippen LogP contribution in [0.4, 0.5) is 4.79 Å². The molecule has 3 atom stereocenters. The highest BCUT2D eigenvalue weighted by Crippen LogP contribution is 2.38. The van der Waals surface area contributed by atoms with Crippen molar-refractivity contribution in [2.24, 2.45) is 17.3 Å². The second-order valence-electron chi connectivity index (χ2n) is 13.4. The highest BCUT2D eigenvalue weighted by Gasteiger charge is 2.50. The van der Waals surface area contributed by atoms with E-state index in [0.29, 0.717) is 63.7 Å². The molecule has 44 heavy (non-hydrogen) atoms. The van der Waals surface area contributed by atoms with Gasteiger partial charge in [-0.15, -0.1) is 0 Å². The average molecular weight is 608 g/mol. The Morgan fingerprint density at radius 2 is 1.82 bits per heavy atom. The number of benzene rings is 1. The number of amides is 3. The summed E-state index contributed by atoms with van der Waals surface area (Å²) in [7, 11) is 0. The highest BCUT2D eigenvalue weighted by atomic mass is 16.5. The van der Waals surface area contributed by atoms with Gasteiger partial charge >= 0.3 is 6.09 Å². The summed E-state index contributed by atoms with van der Waals surface area (Å²) in [5.74, 6) is -0.529. The van der Waals surface area contributed by atoms with Crippen molar-refractivity contribution in [1.29, 1.82) is 0 Å². The number of carbonyl (C=O) groups is 3. The Kier molecular flexibility index (Phi) is 9.28. The van der Waals surface area contributed by atoms with Gasteiger partial charge in [-0.3, -0.25) is 14.3 Å². The van der Waals surface area contributed by atoms with Crippen molar-refractivity contribution in [3.63, 3.8) is 0 Å². The van der Waals surface area contributed by atoms with Gasteiger partial charge in [-0.2, -0.15) is 5.10 Å². The Labute approximate surface area is 258 Å². The van der Waals surface area contributed by atoms with Crippen molar-refractivity contribution < 1.29 is 24.2 Å². The smallest absolute Gasteiger partial charge is 0.407 e. The van der Waals surface area contributed by atoms with Gasteiger partial charge in [0.15, 0.2) is 5.82 Å². The summed E-state index contributed by atoms with van der Waals surface area (Å²) in [6.07, 6.45) is 2.89. The number of ether oxygens (including phenoxy) is 1. The molecule has 4 heterocycles. The molecule has 238 valence electrons. The van der Waals surface area contributed by atoms with Crippen molar-refractivity contribution in [3.8, 4) is 0 Å². The van der Waals surface area contributed by atoms with Gasteiger partial charge in [0, 0.05) is 45.1 Å². The van der Waals surface area contributed by atoms with Crippen molar-refractivity contribution >= 4 is 28.9 Å². The molecule has 2 aliphatic rings. The van der Waals surface area contributed by atoms with Crippen LogP contribution in [-0.2, 0) is 22.6 Å². The van der Waals surface area contributed by atoms with Crippen LogP contribution in [0.2, 0.25) is 0 Å². The Hall–Kier alpha value is -3.93. The summed E-state index contributed by atoms with van der Waals surface area (Å²) in [4.78, 5) is 51.2. The summed E-state index contributed by atoms with van der Waals surface area (Å²) in [5, 5.41) is 14.8. The first kappa shape index (κ1) is 31.5. The molecule has 2 fully saturated rings. The lowest BCUT2D eigenvalue weighted by Crippen LogP contribution is -2.66. The molecule has 0 aliphatic carbocycles. The molecule has 3 aromatic rings. The number of carboxylic acid groups (broad SMARTS) is 1. The summed E-state index contributed by atoms with van der Waals surface area (Å²) < 4.78 is 9.21. The number of piperidine rings is 1. The maximum absolute atomic E-state index is 14.8. The summed E-state index contributed by atoms with van der Waals surface area (Å²) in [6, 6.07) is 8.47. The van der Waals surface area contributed by atoms with Crippen LogP contribution in [0.15, 0.2) is 42.7 Å². The Morgan fingerprint density at radius 1 is 1.09 bits per heavy atom. The first-order valence-corrected chi connectivity index (χ1v) is 15.6. The molecule has 2 saturated heterocycles. The summed E-state index contributed by atoms with van der Waals surface area (Å²) in [6.45, 7) is 13.5. The molecule has 5 rings (SSSR count). The van der Waals surface area contributed by atoms with Gasteiger partial charge in [0.25, 0.3) is 5.91 Å². The highest BCUT2D eigenvalue weighted by molar-refractivity contribution is 5.95. The fourth-order valence-corrected chi connectivity index (χ4v) is 6.80. The van der Waals surface area contributed by atoms with Crippen LogP contribution in [0.1, 0.15) is 51.7 Å². The zero-order valence-electron chi connectivity index (χ0n) is 26.4. The largest absolute Gasteiger partial charge is 0.465 e. The van der Waals surface area contributed by atoms with Gasteiger partial charge in [0.1, 0.15) is 0 Å². The number of para-hydroxylation sites is 2. The van der Waals surface area contributed by atoms with Gasteiger partial charge in [0.2, 0.25) is 5.91 Å². The number of likely N-dealkylation sites (tertiary alicyclic amines) is 1. The van der Waals surface area contributed by atoms with Crippen LogP contribution < -0.4 is 0 Å². The van der Waals surface area contributed by atoms with Gasteiger partial charge < -0.3 is 29.1 Å². The SMILES string of the molecule is CC(C)CN(C(=O)c1nc2ccccc2n1CCn1cccn1)[C@H]1C[C@@H](C(=O)N2CCOCC2)CN(C(=O)O)C1C(C)(C)C. The molecule has 2 aliphatic heterocycles. The molecular formula is C32H45N7O5. The molecule has 12 heteroatoms. The number of morpholine rings is 1. The van der Waals surface area contributed by atoms with Crippen LogP contribution in [0.3, 0.4) is 0 Å². The lowest BCUT2D eigenvalue weighted by Gasteiger charge is -2.52. The van der Waals surface area contributed by atoms with Gasteiger partial charge in [0.05, 0.1) is 48.8 Å². The van der Waals surface area contributed by atoms with E-state index in [9.17, 15) is 19.5 Å². The van der Waals surface area contributed by atoms with Crippen LogP contribution >= 0.6 is 0 Å². The molecular weight excluding hydrogens is 562 g/mol. The monoisotopic (exact) mass is 607 g/mol. The molecule has 0 bridgehead atoms. The van der Waals surface area contributed by atoms with E-state index in [1.165, 1.54) is 4.90 Å². The third-order valence-corrected chi connectivity index (χ3v) is 8.63. The standard InChI is InChI=1S/C32H45N7O5/c1-22(2)20-38(30(41)28-34-24-9-6-7-10-25(24)37(28)14-13-36-12-8-11-33-36)26-19-23(29(40)35-15-17-44-18-16-35)21-39(31(42)43)27(26)32(3,4)5/h6-12,22-23,26-27H,13-21H2,1-5H3,(H,42,43)/t23-,26+,27?/m1/s1. The number of rotatable bonds is 8. The number of fused-ring (bicyclic) bond motifs is 1. The molecule has 1 aromatic carbocycles. The van der Waals surface area contributed by atoms with Crippen LogP contribution in [0, 0.1) is 17.3 Å². The fraction of sp³-hybridized carbons (Fsp3) is 0.594. The normalized spacial score (nSPS) is 21.2. The maximum atomic E-state index is 14.8. The number of nitrogens with zero attached hydrogens (tertiary/aromatic N) is 7. The minimum Gasteiger partial charge on any atom is -0.465 e. The molecule has 1 unspecified atom stereocenters. The number of hydrogen-bond donors (Lipinski definition) is 1. The third kappa shape index (κ3) is 6.59. The van der Waals surface area contributed by atoms with Crippen LogP contribution in [0.5, 0.6) is 0 Å². The van der Waals surface area contributed by atoms with Gasteiger partial charge in [-0.25, -0.2) is 9.78 Å². The van der Waals surface area contributed by atoms with Gasteiger partial charge in [-0.05, 0) is 36.0 Å². The summed E-state index contributed by atoms with van der Waals surface area (Å²) in [5.41, 5.74) is 1.05. The minimum atomic E-state index is -1.09. The van der Waals surface area contributed by atoms with Crippen LogP contribution in [0.25, 0.3) is 11.0 Å². The fourth-order valence-electron chi connectivity index (χ4n) is 6.80. The second kappa shape index (κ2) is 13.0.